The van der Waals surface area contributed by atoms with Gasteiger partial charge in [-0.05, 0) is 99.9 Å². The molecular weight excluding hydrogens is 583 g/mol. The van der Waals surface area contributed by atoms with Crippen molar-refractivity contribution < 1.29 is 14.0 Å². The fourth-order valence-electron chi connectivity index (χ4n) is 6.83. The standard InChI is InChI=1S/C42H63O3P/c1-9-11-13-15-17-19-23-44-38-21-22-42(41(29-38)45-24-20-18-16-14-12-10-2)46(43,30-39-34(5)25-32(3)26-35(39)6)31-40-36(7)27-33(4)28-37(40)8/h21-22,25-29H,9-20,23-24,30-31H2,1-8H3. The number of unbranched alkanes of at least 4 members (excludes halogenated alkanes) is 10. The number of hydrogen-bond donors (Lipinski definition) is 0. The minimum Gasteiger partial charge on any atom is -0.493 e. The largest absolute Gasteiger partial charge is 0.493 e. The van der Waals surface area contributed by atoms with Gasteiger partial charge in [-0.3, -0.25) is 0 Å². The molecule has 0 aliphatic carbocycles. The van der Waals surface area contributed by atoms with Gasteiger partial charge in [-0.1, -0.05) is 113 Å². The third kappa shape index (κ3) is 11.6. The Bertz CT molecular complexity index is 1310. The first-order chi connectivity index (χ1) is 22.1. The maximum Gasteiger partial charge on any atom is 0.133 e. The highest BCUT2D eigenvalue weighted by Crippen LogP contribution is 2.55. The van der Waals surface area contributed by atoms with Gasteiger partial charge in [0.1, 0.15) is 18.6 Å². The van der Waals surface area contributed by atoms with Gasteiger partial charge in [-0.25, -0.2) is 0 Å². The van der Waals surface area contributed by atoms with Crippen molar-refractivity contribution in [3.05, 3.63) is 87.0 Å². The van der Waals surface area contributed by atoms with E-state index in [0.29, 0.717) is 25.5 Å². The van der Waals surface area contributed by atoms with Crippen LogP contribution in [0.25, 0.3) is 0 Å². The van der Waals surface area contributed by atoms with Crippen LogP contribution in [0, 0.1) is 41.5 Å². The van der Waals surface area contributed by atoms with Gasteiger partial charge >= 0.3 is 0 Å². The number of hydrogen-bond acceptors (Lipinski definition) is 3. The molecule has 0 aromatic heterocycles. The number of aryl methyl sites for hydroxylation is 6. The van der Waals surface area contributed by atoms with E-state index in [0.717, 1.165) is 36.1 Å². The van der Waals surface area contributed by atoms with Crippen molar-refractivity contribution in [3.8, 4) is 11.5 Å². The van der Waals surface area contributed by atoms with Crippen molar-refractivity contribution in [2.24, 2.45) is 0 Å². The molecule has 3 rings (SSSR count). The zero-order chi connectivity index (χ0) is 33.5. The Morgan fingerprint density at radius 1 is 0.522 bits per heavy atom. The summed E-state index contributed by atoms with van der Waals surface area (Å²) in [6.45, 7) is 18.8. The van der Waals surface area contributed by atoms with E-state index in [9.17, 15) is 0 Å². The molecule has 3 nitrogen and oxygen atoms in total. The Kier molecular flexibility index (Phi) is 16.0. The molecule has 0 spiro atoms. The summed E-state index contributed by atoms with van der Waals surface area (Å²) in [5.41, 5.74) is 9.73. The first-order valence-electron chi connectivity index (χ1n) is 18.2. The highest BCUT2D eigenvalue weighted by atomic mass is 31.2. The van der Waals surface area contributed by atoms with Crippen LogP contribution in [0.3, 0.4) is 0 Å². The molecule has 0 atom stereocenters. The highest BCUT2D eigenvalue weighted by molar-refractivity contribution is 7.70. The van der Waals surface area contributed by atoms with Crippen molar-refractivity contribution in [3.63, 3.8) is 0 Å². The lowest BCUT2D eigenvalue weighted by molar-refractivity contribution is 0.291. The lowest BCUT2D eigenvalue weighted by atomic mass is 10.0. The van der Waals surface area contributed by atoms with Gasteiger partial charge in [-0.15, -0.1) is 0 Å². The van der Waals surface area contributed by atoms with Crippen LogP contribution in [0.2, 0.25) is 0 Å². The van der Waals surface area contributed by atoms with E-state index in [1.807, 2.05) is 12.1 Å². The molecule has 0 saturated carbocycles. The van der Waals surface area contributed by atoms with Crippen LogP contribution in [0.1, 0.15) is 135 Å². The van der Waals surface area contributed by atoms with Crippen molar-refractivity contribution in [1.29, 1.82) is 0 Å². The van der Waals surface area contributed by atoms with Crippen LogP contribution in [0.4, 0.5) is 0 Å². The molecule has 3 aromatic rings. The second kappa shape index (κ2) is 19.3. The minimum atomic E-state index is -3.01. The zero-order valence-corrected chi connectivity index (χ0v) is 31.4. The summed E-state index contributed by atoms with van der Waals surface area (Å²) in [6.07, 6.45) is 15.6. The quantitative estimate of drug-likeness (QED) is 0.0853. The van der Waals surface area contributed by atoms with E-state index < -0.39 is 7.14 Å². The topological polar surface area (TPSA) is 35.5 Å². The van der Waals surface area contributed by atoms with Crippen molar-refractivity contribution >= 4 is 12.4 Å². The molecule has 0 aliphatic heterocycles. The molecular formula is C42H63O3P. The Hall–Kier alpha value is -2.51. The summed E-state index contributed by atoms with van der Waals surface area (Å²) in [6, 6.07) is 15.0. The van der Waals surface area contributed by atoms with Gasteiger partial charge in [0.15, 0.2) is 0 Å². The Labute approximate surface area is 282 Å². The second-order valence-electron chi connectivity index (χ2n) is 13.8. The number of ether oxygens (including phenoxy) is 2. The molecule has 0 radical (unpaired) electrons. The Balaban J connectivity index is 1.98. The average molecular weight is 647 g/mol. The molecule has 254 valence electrons. The highest BCUT2D eigenvalue weighted by Gasteiger charge is 2.32. The van der Waals surface area contributed by atoms with E-state index in [1.165, 1.54) is 102 Å². The fraction of sp³-hybridized carbons (Fsp3) is 0.571. The summed E-state index contributed by atoms with van der Waals surface area (Å²) in [4.78, 5) is 0. The molecule has 0 fully saturated rings. The molecule has 0 unspecified atom stereocenters. The first kappa shape index (κ1) is 37.9. The molecule has 0 heterocycles. The summed E-state index contributed by atoms with van der Waals surface area (Å²) >= 11 is 0. The van der Waals surface area contributed by atoms with Gasteiger partial charge in [0, 0.05) is 18.4 Å². The molecule has 0 bridgehead atoms. The summed E-state index contributed by atoms with van der Waals surface area (Å²) in [5.74, 6) is 1.55. The maximum atomic E-state index is 15.7. The zero-order valence-electron chi connectivity index (χ0n) is 30.5. The number of rotatable bonds is 21. The van der Waals surface area contributed by atoms with E-state index >= 15 is 4.57 Å². The van der Waals surface area contributed by atoms with Gasteiger partial charge in [0.2, 0.25) is 0 Å². The molecule has 0 amide bonds. The number of benzene rings is 3. The van der Waals surface area contributed by atoms with E-state index in [1.54, 1.807) is 0 Å². The van der Waals surface area contributed by atoms with Gasteiger partial charge in [-0.2, -0.15) is 0 Å². The van der Waals surface area contributed by atoms with E-state index in [4.69, 9.17) is 9.47 Å². The summed E-state index contributed by atoms with van der Waals surface area (Å²) in [5, 5.41) is 0.851. The van der Waals surface area contributed by atoms with Gasteiger partial charge in [0.05, 0.1) is 18.5 Å². The van der Waals surface area contributed by atoms with Crippen LogP contribution in [-0.4, -0.2) is 13.2 Å². The second-order valence-corrected chi connectivity index (χ2v) is 16.7. The summed E-state index contributed by atoms with van der Waals surface area (Å²) in [7, 11) is -3.01. The first-order valence-corrected chi connectivity index (χ1v) is 20.3. The Morgan fingerprint density at radius 3 is 1.39 bits per heavy atom. The molecule has 3 aromatic carbocycles. The normalized spacial score (nSPS) is 11.7. The van der Waals surface area contributed by atoms with Crippen LogP contribution in [0.15, 0.2) is 42.5 Å². The van der Waals surface area contributed by atoms with Crippen molar-refractivity contribution in [2.75, 3.05) is 13.2 Å². The van der Waals surface area contributed by atoms with Crippen LogP contribution >= 0.6 is 7.14 Å². The monoisotopic (exact) mass is 646 g/mol. The predicted octanol–water partition coefficient (Wildman–Crippen LogP) is 12.4. The predicted molar refractivity (Wildman–Crippen MR) is 200 cm³/mol. The van der Waals surface area contributed by atoms with Gasteiger partial charge in [0.25, 0.3) is 0 Å². The maximum absolute atomic E-state index is 15.7. The lowest BCUT2D eigenvalue weighted by Crippen LogP contribution is -2.16. The van der Waals surface area contributed by atoms with Crippen LogP contribution in [0.5, 0.6) is 11.5 Å². The van der Waals surface area contributed by atoms with E-state index in [2.05, 4.69) is 85.7 Å². The average Bonchev–Trinajstić information content (AvgIpc) is 3.00. The Morgan fingerprint density at radius 2 is 0.935 bits per heavy atom. The molecule has 4 heteroatoms. The van der Waals surface area contributed by atoms with Crippen LogP contribution in [-0.2, 0) is 16.9 Å². The van der Waals surface area contributed by atoms with Gasteiger partial charge < -0.3 is 14.0 Å². The van der Waals surface area contributed by atoms with E-state index in [-0.39, 0.29) is 0 Å². The fourth-order valence-corrected chi connectivity index (χ4v) is 10.2. The molecule has 0 saturated heterocycles. The third-order valence-corrected chi connectivity index (χ3v) is 12.3. The molecule has 46 heavy (non-hydrogen) atoms. The summed E-state index contributed by atoms with van der Waals surface area (Å²) < 4.78 is 28.6. The molecule has 0 aliphatic rings. The lowest BCUT2D eigenvalue weighted by Gasteiger charge is -2.26. The minimum absolute atomic E-state index is 0.517. The molecule has 0 N–H and O–H groups in total. The smallest absolute Gasteiger partial charge is 0.133 e. The third-order valence-electron chi connectivity index (χ3n) is 9.40. The van der Waals surface area contributed by atoms with Crippen LogP contribution < -0.4 is 14.8 Å². The van der Waals surface area contributed by atoms with Crippen molar-refractivity contribution in [2.45, 2.75) is 145 Å². The van der Waals surface area contributed by atoms with Crippen molar-refractivity contribution in [1.82, 2.24) is 0 Å². The SMILES string of the molecule is CCCCCCCCOc1ccc(P(=O)(Cc2c(C)cc(C)cc2C)Cc2c(C)cc(C)cc2C)c(OCCCCCCCC)c1.